The number of fused-ring (bicyclic) bond motifs is 1. The molecule has 98 valence electrons. The summed E-state index contributed by atoms with van der Waals surface area (Å²) in [6.45, 7) is 0.265. The van der Waals surface area contributed by atoms with Crippen LogP contribution in [0.1, 0.15) is 11.6 Å². The largest absolute Gasteiger partial charge is 0.359 e. The predicted octanol–water partition coefficient (Wildman–Crippen LogP) is 3.09. The highest BCUT2D eigenvalue weighted by Gasteiger charge is 2.16. The minimum Gasteiger partial charge on any atom is -0.359 e. The summed E-state index contributed by atoms with van der Waals surface area (Å²) in [6.07, 6.45) is 1.50. The summed E-state index contributed by atoms with van der Waals surface area (Å²) in [5.74, 6) is -0.292. The number of hydrogen-bond acceptors (Lipinski definition) is 3. The Labute approximate surface area is 111 Å². The molecule has 3 rings (SSSR count). The molecule has 0 atom stereocenters. The van der Waals surface area contributed by atoms with Gasteiger partial charge in [0.05, 0.1) is 24.1 Å². The summed E-state index contributed by atoms with van der Waals surface area (Å²) in [6, 6.07) is 3.68. The molecule has 3 aromatic rings. The van der Waals surface area contributed by atoms with Crippen LogP contribution in [0.3, 0.4) is 0 Å². The van der Waals surface area contributed by atoms with Crippen molar-refractivity contribution in [2.45, 2.75) is 12.4 Å². The first-order chi connectivity index (χ1) is 9.19. The van der Waals surface area contributed by atoms with Gasteiger partial charge in [-0.1, -0.05) is 5.16 Å². The number of benzene rings is 1. The number of alkyl halides is 1. The molecule has 19 heavy (non-hydrogen) atoms. The fraction of sp³-hybridized carbons (Fsp3) is 0.167. The average molecular weight is 284 g/mol. The fourth-order valence-electron chi connectivity index (χ4n) is 1.96. The fourth-order valence-corrected chi connectivity index (χ4v) is 2.16. The molecule has 0 aliphatic carbocycles. The zero-order valence-corrected chi connectivity index (χ0v) is 10.4. The summed E-state index contributed by atoms with van der Waals surface area (Å²) in [4.78, 5) is 4.08. The number of aromatic nitrogens is 3. The number of nitrogens with zero attached hydrogens (tertiary/aromatic N) is 3. The lowest BCUT2D eigenvalue weighted by molar-refractivity contribution is 0.376. The van der Waals surface area contributed by atoms with Crippen molar-refractivity contribution in [1.29, 1.82) is 0 Å². The van der Waals surface area contributed by atoms with Crippen LogP contribution in [0, 0.1) is 11.6 Å². The molecule has 0 amide bonds. The molecule has 0 aliphatic heterocycles. The maximum atomic E-state index is 13.7. The SMILES string of the molecule is Fc1cc(F)c2nc(CCl)n(Cc3ccno3)c2c1. The van der Waals surface area contributed by atoms with E-state index in [2.05, 4.69) is 10.1 Å². The third kappa shape index (κ3) is 2.08. The van der Waals surface area contributed by atoms with Gasteiger partial charge in [-0.15, -0.1) is 11.6 Å². The molecule has 4 nitrogen and oxygen atoms in total. The number of halogens is 3. The first-order valence-electron chi connectivity index (χ1n) is 5.48. The topological polar surface area (TPSA) is 43.9 Å². The molecule has 0 saturated heterocycles. The van der Waals surface area contributed by atoms with Crippen LogP contribution in [0.4, 0.5) is 8.78 Å². The van der Waals surface area contributed by atoms with E-state index in [0.717, 1.165) is 6.07 Å². The molecule has 0 bridgehead atoms. The summed E-state index contributed by atoms with van der Waals surface area (Å²) >= 11 is 5.79. The number of imidazole rings is 1. The van der Waals surface area contributed by atoms with E-state index < -0.39 is 11.6 Å². The Hall–Kier alpha value is -1.95. The van der Waals surface area contributed by atoms with E-state index >= 15 is 0 Å². The average Bonchev–Trinajstić information content (AvgIpc) is 2.99. The van der Waals surface area contributed by atoms with Crippen LogP contribution in [-0.2, 0) is 12.4 Å². The number of hydrogen-bond donors (Lipinski definition) is 0. The highest BCUT2D eigenvalue weighted by atomic mass is 35.5. The molecule has 0 unspecified atom stereocenters. The molecule has 0 fully saturated rings. The van der Waals surface area contributed by atoms with Gasteiger partial charge in [-0.2, -0.15) is 0 Å². The van der Waals surface area contributed by atoms with Gasteiger partial charge in [-0.25, -0.2) is 13.8 Å². The van der Waals surface area contributed by atoms with E-state index in [1.165, 1.54) is 12.3 Å². The number of rotatable bonds is 3. The first kappa shape index (κ1) is 12.1. The van der Waals surface area contributed by atoms with Crippen molar-refractivity contribution in [3.8, 4) is 0 Å². The molecule has 0 saturated carbocycles. The van der Waals surface area contributed by atoms with Gasteiger partial charge in [-0.05, 0) is 6.07 Å². The lowest BCUT2D eigenvalue weighted by Gasteiger charge is -2.04. The van der Waals surface area contributed by atoms with Gasteiger partial charge in [0.25, 0.3) is 0 Å². The van der Waals surface area contributed by atoms with Crippen LogP contribution >= 0.6 is 11.6 Å². The molecule has 7 heteroatoms. The smallest absolute Gasteiger partial charge is 0.156 e. The second-order valence-corrected chi connectivity index (χ2v) is 4.25. The second kappa shape index (κ2) is 4.62. The van der Waals surface area contributed by atoms with Gasteiger partial charge in [0, 0.05) is 12.1 Å². The minimum absolute atomic E-state index is 0.0872. The highest BCUT2D eigenvalue weighted by Crippen LogP contribution is 2.23. The van der Waals surface area contributed by atoms with Gasteiger partial charge in [0.2, 0.25) is 0 Å². The van der Waals surface area contributed by atoms with E-state index in [9.17, 15) is 8.78 Å². The van der Waals surface area contributed by atoms with Crippen LogP contribution in [0.25, 0.3) is 11.0 Å². The Bertz CT molecular complexity index is 724. The Balaban J connectivity index is 2.20. The Kier molecular flexibility index (Phi) is 2.94. The van der Waals surface area contributed by atoms with Crippen LogP contribution in [0.15, 0.2) is 28.9 Å². The van der Waals surface area contributed by atoms with Crippen molar-refractivity contribution in [3.05, 3.63) is 47.6 Å². The van der Waals surface area contributed by atoms with E-state index in [0.29, 0.717) is 17.1 Å². The van der Waals surface area contributed by atoms with Gasteiger partial charge < -0.3 is 9.09 Å². The summed E-state index contributed by atoms with van der Waals surface area (Å²) in [5, 5.41) is 3.58. The van der Waals surface area contributed by atoms with Crippen molar-refractivity contribution in [3.63, 3.8) is 0 Å². The van der Waals surface area contributed by atoms with Crippen LogP contribution in [0.2, 0.25) is 0 Å². The van der Waals surface area contributed by atoms with Crippen LogP contribution in [0.5, 0.6) is 0 Å². The normalized spacial score (nSPS) is 11.3. The molecule has 0 radical (unpaired) electrons. The molecule has 0 spiro atoms. The molecule has 2 aromatic heterocycles. The zero-order valence-electron chi connectivity index (χ0n) is 9.61. The summed E-state index contributed by atoms with van der Waals surface area (Å²) in [7, 11) is 0. The van der Waals surface area contributed by atoms with Crippen molar-refractivity contribution in [2.75, 3.05) is 0 Å². The maximum Gasteiger partial charge on any atom is 0.156 e. The van der Waals surface area contributed by atoms with E-state index in [1.807, 2.05) is 0 Å². The minimum atomic E-state index is -0.710. The lowest BCUT2D eigenvalue weighted by Crippen LogP contribution is -2.03. The van der Waals surface area contributed by atoms with Gasteiger partial charge >= 0.3 is 0 Å². The monoisotopic (exact) mass is 283 g/mol. The quantitative estimate of drug-likeness (QED) is 0.694. The molecule has 1 aromatic carbocycles. The molecule has 2 heterocycles. The van der Waals surface area contributed by atoms with E-state index in [1.54, 1.807) is 10.6 Å². The highest BCUT2D eigenvalue weighted by molar-refractivity contribution is 6.16. The molecule has 0 aliphatic rings. The van der Waals surface area contributed by atoms with Crippen LogP contribution < -0.4 is 0 Å². The van der Waals surface area contributed by atoms with Crippen molar-refractivity contribution < 1.29 is 13.3 Å². The Morgan fingerprint density at radius 1 is 1.32 bits per heavy atom. The Morgan fingerprint density at radius 3 is 2.84 bits per heavy atom. The van der Waals surface area contributed by atoms with E-state index in [-0.39, 0.29) is 17.9 Å². The van der Waals surface area contributed by atoms with E-state index in [4.69, 9.17) is 16.1 Å². The lowest BCUT2D eigenvalue weighted by atomic mass is 10.3. The Morgan fingerprint density at radius 2 is 2.16 bits per heavy atom. The summed E-state index contributed by atoms with van der Waals surface area (Å²) in [5.41, 5.74) is 0.432. The van der Waals surface area contributed by atoms with Crippen LogP contribution in [-0.4, -0.2) is 14.7 Å². The van der Waals surface area contributed by atoms with Gasteiger partial charge in [-0.3, -0.25) is 0 Å². The van der Waals surface area contributed by atoms with Crippen molar-refractivity contribution >= 4 is 22.6 Å². The van der Waals surface area contributed by atoms with Gasteiger partial charge in [0.1, 0.15) is 17.2 Å². The third-order valence-corrected chi connectivity index (χ3v) is 3.02. The predicted molar refractivity (Wildman–Crippen MR) is 64.8 cm³/mol. The third-order valence-electron chi connectivity index (χ3n) is 2.78. The molecule has 0 N–H and O–H groups in total. The second-order valence-electron chi connectivity index (χ2n) is 3.98. The molecular weight excluding hydrogens is 276 g/mol. The van der Waals surface area contributed by atoms with Crippen molar-refractivity contribution in [2.24, 2.45) is 0 Å². The summed E-state index contributed by atoms with van der Waals surface area (Å²) < 4.78 is 33.6. The van der Waals surface area contributed by atoms with Crippen molar-refractivity contribution in [1.82, 2.24) is 14.7 Å². The molecular formula is C12H8ClF2N3O. The first-order valence-corrected chi connectivity index (χ1v) is 6.02. The zero-order chi connectivity index (χ0) is 13.4. The standard InChI is InChI=1S/C12H8ClF2N3O/c13-5-11-17-12-9(15)3-7(14)4-10(12)18(11)6-8-1-2-16-19-8/h1-4H,5-6H2. The van der Waals surface area contributed by atoms with Gasteiger partial charge in [0.15, 0.2) is 11.6 Å². The maximum absolute atomic E-state index is 13.7.